The van der Waals surface area contributed by atoms with Crippen molar-refractivity contribution in [2.45, 2.75) is 5.25 Å². The van der Waals surface area contributed by atoms with Crippen LogP contribution in [0, 0.1) is 0 Å². The Morgan fingerprint density at radius 2 is 1.35 bits per heavy atom. The molecule has 0 aliphatic carbocycles. The highest BCUT2D eigenvalue weighted by atomic mass is 32.2. The molecule has 1 aliphatic heterocycles. The van der Waals surface area contributed by atoms with E-state index in [1.165, 1.54) is 34.2 Å². The van der Waals surface area contributed by atoms with Crippen LogP contribution in [-0.4, -0.2) is 0 Å². The molecule has 4 aromatic heterocycles. The Hall–Kier alpha value is -1.37. The van der Waals surface area contributed by atoms with Crippen LogP contribution in [0.1, 0.15) is 15.0 Å². The van der Waals surface area contributed by atoms with Gasteiger partial charge < -0.3 is 0 Å². The lowest BCUT2D eigenvalue weighted by atomic mass is 10.2. The first-order chi connectivity index (χ1) is 12.9. The molecule has 5 heterocycles. The summed E-state index contributed by atoms with van der Waals surface area (Å²) in [6.45, 7) is 0. The van der Waals surface area contributed by atoms with Gasteiger partial charge in [0.1, 0.15) is 0 Å². The topological polar surface area (TPSA) is 0 Å². The van der Waals surface area contributed by atoms with E-state index in [9.17, 15) is 0 Å². The number of hydrogen-bond acceptors (Lipinski definition) is 5. The van der Waals surface area contributed by atoms with Gasteiger partial charge in [-0.05, 0) is 53.2 Å². The molecule has 1 aliphatic rings. The molecular formula is C21H14S5. The summed E-state index contributed by atoms with van der Waals surface area (Å²) in [6.07, 6.45) is 6.77. The largest absolute Gasteiger partial charge is 0.143 e. The lowest BCUT2D eigenvalue weighted by Gasteiger charge is -2.16. The van der Waals surface area contributed by atoms with Crippen LogP contribution in [-0.2, 0) is 0 Å². The minimum Gasteiger partial charge on any atom is -0.143 e. The third-order valence-electron chi connectivity index (χ3n) is 4.07. The summed E-state index contributed by atoms with van der Waals surface area (Å²) in [4.78, 5) is 9.61. The second-order valence-corrected chi connectivity index (χ2v) is 11.1. The van der Waals surface area contributed by atoms with Gasteiger partial charge in [0.25, 0.3) is 0 Å². The van der Waals surface area contributed by atoms with Crippen LogP contribution < -0.4 is 0 Å². The molecule has 128 valence electrons. The highest BCUT2D eigenvalue weighted by Crippen LogP contribution is 2.48. The van der Waals surface area contributed by atoms with E-state index >= 15 is 0 Å². The van der Waals surface area contributed by atoms with Crippen molar-refractivity contribution in [1.29, 1.82) is 0 Å². The summed E-state index contributed by atoms with van der Waals surface area (Å²) in [5, 5.41) is 4.69. The molecule has 26 heavy (non-hydrogen) atoms. The van der Waals surface area contributed by atoms with Crippen molar-refractivity contribution in [3.8, 4) is 19.5 Å². The molecule has 4 aromatic rings. The Morgan fingerprint density at radius 3 is 2.08 bits per heavy atom. The van der Waals surface area contributed by atoms with Gasteiger partial charge in [0.05, 0.1) is 5.25 Å². The molecule has 5 rings (SSSR count). The monoisotopic (exact) mass is 426 g/mol. The van der Waals surface area contributed by atoms with Crippen LogP contribution in [0.3, 0.4) is 0 Å². The molecule has 0 nitrogen and oxygen atoms in total. The predicted molar refractivity (Wildman–Crippen MR) is 123 cm³/mol. The van der Waals surface area contributed by atoms with Crippen LogP contribution in [0.2, 0.25) is 0 Å². The third kappa shape index (κ3) is 3.30. The van der Waals surface area contributed by atoms with E-state index in [0.29, 0.717) is 5.25 Å². The van der Waals surface area contributed by atoms with Crippen molar-refractivity contribution in [2.24, 2.45) is 0 Å². The number of rotatable bonds is 4. The Labute approximate surface area is 173 Å². The molecule has 0 N–H and O–H groups in total. The minimum absolute atomic E-state index is 0.404. The van der Waals surface area contributed by atoms with Gasteiger partial charge in [0.2, 0.25) is 0 Å². The molecule has 0 spiro atoms. The lowest BCUT2D eigenvalue weighted by molar-refractivity contribution is 1.30. The fourth-order valence-electron chi connectivity index (χ4n) is 2.83. The van der Waals surface area contributed by atoms with Crippen molar-refractivity contribution >= 4 is 62.0 Å². The SMILES string of the molecule is C1=CC(c2ccc(-c3cccs3)s2)SC(c2ccc(-c3cccs3)s2)=C1. The summed E-state index contributed by atoms with van der Waals surface area (Å²) in [5.74, 6) is 0. The van der Waals surface area contributed by atoms with E-state index in [-0.39, 0.29) is 0 Å². The van der Waals surface area contributed by atoms with Crippen LogP contribution >= 0.6 is 57.1 Å². The molecule has 0 saturated carbocycles. The van der Waals surface area contributed by atoms with Crippen LogP contribution in [0.5, 0.6) is 0 Å². The summed E-state index contributed by atoms with van der Waals surface area (Å²) in [6, 6.07) is 17.7. The standard InChI is InChI=1S/C21H14S5/c1-4-16(20-10-8-18(25-20)14-6-2-12-22-14)24-17(5-1)21-11-9-19(26-21)15-7-3-13-23-15/h1-13,16H. The second kappa shape index (κ2) is 7.33. The van der Waals surface area contributed by atoms with Gasteiger partial charge in [0.15, 0.2) is 0 Å². The van der Waals surface area contributed by atoms with E-state index < -0.39 is 0 Å². The van der Waals surface area contributed by atoms with Crippen molar-refractivity contribution in [3.63, 3.8) is 0 Å². The summed E-state index contributed by atoms with van der Waals surface area (Å²) in [5.41, 5.74) is 0. The summed E-state index contributed by atoms with van der Waals surface area (Å²) in [7, 11) is 0. The minimum atomic E-state index is 0.404. The number of thiophene rings is 4. The molecule has 0 aromatic carbocycles. The highest BCUT2D eigenvalue weighted by molar-refractivity contribution is 8.09. The van der Waals surface area contributed by atoms with Gasteiger partial charge in [-0.3, -0.25) is 0 Å². The van der Waals surface area contributed by atoms with Gasteiger partial charge in [-0.15, -0.1) is 57.1 Å². The van der Waals surface area contributed by atoms with E-state index in [0.717, 1.165) is 0 Å². The Morgan fingerprint density at radius 1 is 0.654 bits per heavy atom. The van der Waals surface area contributed by atoms with Crippen LogP contribution in [0.15, 0.2) is 77.5 Å². The van der Waals surface area contributed by atoms with Gasteiger partial charge in [0, 0.05) is 34.2 Å². The van der Waals surface area contributed by atoms with Crippen molar-refractivity contribution in [1.82, 2.24) is 0 Å². The first-order valence-electron chi connectivity index (χ1n) is 8.20. The van der Waals surface area contributed by atoms with E-state index in [1.807, 2.05) is 57.1 Å². The van der Waals surface area contributed by atoms with Crippen molar-refractivity contribution < 1.29 is 0 Å². The maximum atomic E-state index is 2.31. The van der Waals surface area contributed by atoms with Crippen LogP contribution in [0.25, 0.3) is 24.4 Å². The Balaban J connectivity index is 1.37. The molecule has 0 fully saturated rings. The molecule has 0 amide bonds. The van der Waals surface area contributed by atoms with E-state index in [1.54, 1.807) is 0 Å². The summed E-state index contributed by atoms with van der Waals surface area (Å²) < 4.78 is 0. The first kappa shape index (κ1) is 16.8. The molecule has 1 unspecified atom stereocenters. The number of hydrogen-bond donors (Lipinski definition) is 0. The van der Waals surface area contributed by atoms with Crippen molar-refractivity contribution in [3.05, 3.63) is 87.3 Å². The van der Waals surface area contributed by atoms with Crippen molar-refractivity contribution in [2.75, 3.05) is 0 Å². The average molecular weight is 427 g/mol. The smallest absolute Gasteiger partial charge is 0.0622 e. The third-order valence-corrected chi connectivity index (χ3v) is 10.0. The summed E-state index contributed by atoms with van der Waals surface area (Å²) >= 11 is 9.38. The maximum Gasteiger partial charge on any atom is 0.0622 e. The quantitative estimate of drug-likeness (QED) is 0.314. The molecular weight excluding hydrogens is 413 g/mol. The molecule has 1 atom stereocenters. The zero-order valence-electron chi connectivity index (χ0n) is 13.6. The molecule has 5 heteroatoms. The zero-order chi connectivity index (χ0) is 17.3. The fraction of sp³-hybridized carbons (Fsp3) is 0.0476. The Kier molecular flexibility index (Phi) is 4.73. The average Bonchev–Trinajstić information content (AvgIpc) is 3.49. The molecule has 0 radical (unpaired) electrons. The van der Waals surface area contributed by atoms with Gasteiger partial charge in [-0.25, -0.2) is 0 Å². The number of allylic oxidation sites excluding steroid dienone is 2. The van der Waals surface area contributed by atoms with Gasteiger partial charge >= 0.3 is 0 Å². The van der Waals surface area contributed by atoms with E-state index in [4.69, 9.17) is 0 Å². The Bertz CT molecular complexity index is 1060. The molecule has 0 saturated heterocycles. The van der Waals surface area contributed by atoms with Gasteiger partial charge in [-0.1, -0.05) is 24.3 Å². The van der Waals surface area contributed by atoms with Crippen LogP contribution in [0.4, 0.5) is 0 Å². The first-order valence-corrected chi connectivity index (χ1v) is 12.5. The zero-order valence-corrected chi connectivity index (χ0v) is 17.7. The normalized spacial score (nSPS) is 16.8. The van der Waals surface area contributed by atoms with E-state index in [2.05, 4.69) is 77.5 Å². The maximum absolute atomic E-state index is 2.31. The predicted octanol–water partition coefficient (Wildman–Crippen LogP) is 8.65. The highest BCUT2D eigenvalue weighted by Gasteiger charge is 2.19. The number of thioether (sulfide) groups is 1. The fourth-order valence-corrected chi connectivity index (χ4v) is 7.93. The second-order valence-electron chi connectivity index (χ2n) is 5.77. The van der Waals surface area contributed by atoms with Gasteiger partial charge in [-0.2, -0.15) is 0 Å². The molecule has 0 bridgehead atoms. The lowest BCUT2D eigenvalue weighted by Crippen LogP contribution is -1.90.